The van der Waals surface area contributed by atoms with Crippen molar-refractivity contribution in [2.75, 3.05) is 18.8 Å². The van der Waals surface area contributed by atoms with Gasteiger partial charge in [0.1, 0.15) is 0 Å². The summed E-state index contributed by atoms with van der Waals surface area (Å²) >= 11 is 3.23. The van der Waals surface area contributed by atoms with Crippen LogP contribution < -0.4 is 0 Å². The van der Waals surface area contributed by atoms with Crippen molar-refractivity contribution in [3.8, 4) is 10.7 Å². The first kappa shape index (κ1) is 15.2. The van der Waals surface area contributed by atoms with Gasteiger partial charge in [0.05, 0.1) is 10.6 Å². The molecule has 0 unspecified atom stereocenters. The van der Waals surface area contributed by atoms with Crippen LogP contribution in [0.4, 0.5) is 0 Å². The second-order valence-electron chi connectivity index (χ2n) is 6.11. The van der Waals surface area contributed by atoms with Gasteiger partial charge in [0.25, 0.3) is 0 Å². The predicted molar refractivity (Wildman–Crippen MR) is 92.8 cm³/mol. The summed E-state index contributed by atoms with van der Waals surface area (Å²) in [7, 11) is 0. The van der Waals surface area contributed by atoms with Gasteiger partial charge in [-0.1, -0.05) is 17.8 Å². The van der Waals surface area contributed by atoms with Crippen LogP contribution in [0.1, 0.15) is 38.1 Å². The third kappa shape index (κ3) is 3.30. The van der Waals surface area contributed by atoms with Crippen LogP contribution in [0.5, 0.6) is 0 Å². The molecule has 0 N–H and O–H groups in total. The molecule has 0 aromatic carbocycles. The van der Waals surface area contributed by atoms with Crippen LogP contribution in [-0.2, 0) is 4.79 Å². The fraction of sp³-hybridized carbons (Fsp3) is 0.562. The highest BCUT2D eigenvalue weighted by molar-refractivity contribution is 7.99. The predicted octanol–water partition coefficient (Wildman–Crippen LogP) is 3.45. The van der Waals surface area contributed by atoms with Crippen LogP contribution in [-0.4, -0.2) is 44.4 Å². The molecule has 0 atom stereocenters. The Kier molecular flexibility index (Phi) is 4.39. The summed E-state index contributed by atoms with van der Waals surface area (Å²) in [5.74, 6) is 1.66. The first-order chi connectivity index (χ1) is 11.3. The standard InChI is InChI=1S/C16H20N4OS2/c21-14(19-8-2-1-3-9-19)11-23-16-18-17-15(13-5-4-10-22-13)20(16)12-6-7-12/h4-5,10,12H,1-3,6-9,11H2. The van der Waals surface area contributed by atoms with Gasteiger partial charge in [0.15, 0.2) is 11.0 Å². The minimum absolute atomic E-state index is 0.234. The van der Waals surface area contributed by atoms with Crippen LogP contribution in [0.15, 0.2) is 22.7 Å². The summed E-state index contributed by atoms with van der Waals surface area (Å²) < 4.78 is 2.24. The Morgan fingerprint density at radius 3 is 2.78 bits per heavy atom. The average molecular weight is 348 g/mol. The van der Waals surface area contributed by atoms with E-state index in [9.17, 15) is 4.79 Å². The number of thioether (sulfide) groups is 1. The molecule has 5 nitrogen and oxygen atoms in total. The fourth-order valence-electron chi connectivity index (χ4n) is 2.97. The summed E-state index contributed by atoms with van der Waals surface area (Å²) in [6.45, 7) is 1.82. The number of piperidine rings is 1. The number of carbonyl (C=O) groups is 1. The van der Waals surface area contributed by atoms with E-state index in [0.717, 1.165) is 41.8 Å². The zero-order valence-corrected chi connectivity index (χ0v) is 14.6. The van der Waals surface area contributed by atoms with Crippen LogP contribution in [0.3, 0.4) is 0 Å². The molecular weight excluding hydrogens is 328 g/mol. The van der Waals surface area contributed by atoms with Crippen molar-refractivity contribution in [3.05, 3.63) is 17.5 Å². The molecule has 1 amide bonds. The van der Waals surface area contributed by atoms with Gasteiger partial charge in [-0.2, -0.15) is 0 Å². The molecule has 2 aliphatic rings. The van der Waals surface area contributed by atoms with E-state index in [2.05, 4.69) is 26.2 Å². The Bertz CT molecular complexity index is 672. The zero-order chi connectivity index (χ0) is 15.6. The van der Waals surface area contributed by atoms with Crippen LogP contribution in [0.2, 0.25) is 0 Å². The largest absolute Gasteiger partial charge is 0.342 e. The molecule has 1 saturated heterocycles. The van der Waals surface area contributed by atoms with E-state index < -0.39 is 0 Å². The Balaban J connectivity index is 1.47. The maximum absolute atomic E-state index is 12.4. The average Bonchev–Trinajstić information content (AvgIpc) is 3.12. The molecule has 1 saturated carbocycles. The van der Waals surface area contributed by atoms with Gasteiger partial charge in [-0.05, 0) is 43.6 Å². The molecule has 7 heteroatoms. The quantitative estimate of drug-likeness (QED) is 0.777. The number of rotatable bonds is 5. The second-order valence-corrected chi connectivity index (χ2v) is 8.00. The summed E-state index contributed by atoms with van der Waals surface area (Å²) in [5, 5.41) is 11.7. The van der Waals surface area contributed by atoms with E-state index in [0.29, 0.717) is 11.8 Å². The van der Waals surface area contributed by atoms with Crippen molar-refractivity contribution < 1.29 is 4.79 Å². The number of aromatic nitrogens is 3. The lowest BCUT2D eigenvalue weighted by Crippen LogP contribution is -2.36. The first-order valence-electron chi connectivity index (χ1n) is 8.22. The number of nitrogens with zero attached hydrogens (tertiary/aromatic N) is 4. The Hall–Kier alpha value is -1.34. The van der Waals surface area contributed by atoms with Crippen LogP contribution in [0, 0.1) is 0 Å². The maximum atomic E-state index is 12.4. The van der Waals surface area contributed by atoms with Crippen LogP contribution in [0.25, 0.3) is 10.7 Å². The monoisotopic (exact) mass is 348 g/mol. The van der Waals surface area contributed by atoms with Gasteiger partial charge in [0.2, 0.25) is 5.91 Å². The van der Waals surface area contributed by atoms with Crippen molar-refractivity contribution in [2.24, 2.45) is 0 Å². The van der Waals surface area contributed by atoms with Crippen molar-refractivity contribution in [2.45, 2.75) is 43.3 Å². The van der Waals surface area contributed by atoms with E-state index in [1.165, 1.54) is 31.0 Å². The number of hydrogen-bond acceptors (Lipinski definition) is 5. The zero-order valence-electron chi connectivity index (χ0n) is 13.0. The Morgan fingerprint density at radius 2 is 2.09 bits per heavy atom. The smallest absolute Gasteiger partial charge is 0.233 e. The molecule has 122 valence electrons. The number of amides is 1. The third-order valence-electron chi connectivity index (χ3n) is 4.35. The molecule has 3 heterocycles. The summed E-state index contributed by atoms with van der Waals surface area (Å²) in [5.41, 5.74) is 0. The van der Waals surface area contributed by atoms with E-state index in [1.807, 2.05) is 11.0 Å². The molecule has 1 aliphatic carbocycles. The lowest BCUT2D eigenvalue weighted by molar-refractivity contribution is -0.129. The molecule has 4 rings (SSSR count). The van der Waals surface area contributed by atoms with Crippen molar-refractivity contribution in [1.82, 2.24) is 19.7 Å². The van der Waals surface area contributed by atoms with E-state index in [4.69, 9.17) is 0 Å². The molecule has 0 bridgehead atoms. The Labute approximate surface area is 144 Å². The summed E-state index contributed by atoms with van der Waals surface area (Å²) in [6.07, 6.45) is 5.89. The molecule has 1 aliphatic heterocycles. The summed E-state index contributed by atoms with van der Waals surface area (Å²) in [4.78, 5) is 15.5. The Morgan fingerprint density at radius 1 is 1.26 bits per heavy atom. The van der Waals surface area contributed by atoms with Gasteiger partial charge < -0.3 is 4.90 Å². The van der Waals surface area contributed by atoms with Gasteiger partial charge in [-0.3, -0.25) is 9.36 Å². The van der Waals surface area contributed by atoms with E-state index in [1.54, 1.807) is 11.3 Å². The highest BCUT2D eigenvalue weighted by atomic mass is 32.2. The van der Waals surface area contributed by atoms with Crippen molar-refractivity contribution in [3.63, 3.8) is 0 Å². The van der Waals surface area contributed by atoms with Gasteiger partial charge in [-0.25, -0.2) is 0 Å². The lowest BCUT2D eigenvalue weighted by Gasteiger charge is -2.26. The molecule has 2 aromatic rings. The molecule has 2 fully saturated rings. The summed E-state index contributed by atoms with van der Waals surface area (Å²) in [6, 6.07) is 4.63. The minimum atomic E-state index is 0.234. The molecule has 0 radical (unpaired) electrons. The maximum Gasteiger partial charge on any atom is 0.233 e. The van der Waals surface area contributed by atoms with Crippen LogP contribution >= 0.6 is 23.1 Å². The number of carbonyl (C=O) groups excluding carboxylic acids is 1. The van der Waals surface area contributed by atoms with E-state index >= 15 is 0 Å². The normalized spacial score (nSPS) is 18.3. The van der Waals surface area contributed by atoms with Crippen molar-refractivity contribution in [1.29, 1.82) is 0 Å². The molecule has 2 aromatic heterocycles. The first-order valence-corrected chi connectivity index (χ1v) is 10.1. The lowest BCUT2D eigenvalue weighted by atomic mass is 10.1. The van der Waals surface area contributed by atoms with E-state index in [-0.39, 0.29) is 5.91 Å². The second kappa shape index (κ2) is 6.65. The minimum Gasteiger partial charge on any atom is -0.342 e. The number of hydrogen-bond donors (Lipinski definition) is 0. The molecule has 0 spiro atoms. The van der Waals surface area contributed by atoms with Gasteiger partial charge >= 0.3 is 0 Å². The SMILES string of the molecule is O=C(CSc1nnc(-c2cccs2)n1C1CC1)N1CCCCC1. The third-order valence-corrected chi connectivity index (χ3v) is 6.15. The topological polar surface area (TPSA) is 51.0 Å². The molecular formula is C16H20N4OS2. The molecule has 23 heavy (non-hydrogen) atoms. The van der Waals surface area contributed by atoms with Crippen molar-refractivity contribution >= 4 is 29.0 Å². The van der Waals surface area contributed by atoms with Gasteiger partial charge in [0, 0.05) is 19.1 Å². The number of thiophene rings is 1. The van der Waals surface area contributed by atoms with Gasteiger partial charge in [-0.15, -0.1) is 21.5 Å². The highest BCUT2D eigenvalue weighted by Gasteiger charge is 2.31. The number of likely N-dealkylation sites (tertiary alicyclic amines) is 1. The fourth-order valence-corrected chi connectivity index (χ4v) is 4.59. The highest BCUT2D eigenvalue weighted by Crippen LogP contribution is 2.41.